The number of halogens is 1. The van der Waals surface area contributed by atoms with Crippen molar-refractivity contribution >= 4 is 38.5 Å². The number of amides is 2. The number of methoxy groups -OCH3 is 1. The molecule has 12 nitrogen and oxygen atoms in total. The Morgan fingerprint density at radius 1 is 1.11 bits per heavy atom. The summed E-state index contributed by atoms with van der Waals surface area (Å²) >= 11 is 0. The summed E-state index contributed by atoms with van der Waals surface area (Å²) < 4.78 is 53.4. The highest BCUT2D eigenvalue weighted by Crippen LogP contribution is 2.34. The molecule has 1 aromatic heterocycles. The fourth-order valence-corrected chi connectivity index (χ4v) is 7.17. The third kappa shape index (κ3) is 5.36. The number of benzene rings is 2. The van der Waals surface area contributed by atoms with Crippen LogP contribution in [0.5, 0.6) is 0 Å². The predicted octanol–water partition coefficient (Wildman–Crippen LogP) is 1.56. The molecule has 14 heteroatoms. The second kappa shape index (κ2) is 11.9. The van der Waals surface area contributed by atoms with Crippen LogP contribution in [0.4, 0.5) is 10.1 Å². The summed E-state index contributed by atoms with van der Waals surface area (Å²) in [7, 11) is 1.64. The summed E-state index contributed by atoms with van der Waals surface area (Å²) in [5.74, 6) is -3.36. The Bertz CT molecular complexity index is 1820. The molecule has 236 valence electrons. The smallest absolute Gasteiger partial charge is 0.341 e. The Hall–Kier alpha value is -3.85. The van der Waals surface area contributed by atoms with E-state index >= 15 is 4.39 Å². The van der Waals surface area contributed by atoms with Gasteiger partial charge in [0, 0.05) is 64.0 Å². The number of fused-ring (bicyclic) bond motifs is 3. The number of nitrogens with zero attached hydrogens (tertiary/aromatic N) is 4. The van der Waals surface area contributed by atoms with Crippen LogP contribution in [-0.2, 0) is 27.7 Å². The van der Waals surface area contributed by atoms with Gasteiger partial charge in [-0.1, -0.05) is 0 Å². The van der Waals surface area contributed by atoms with Crippen molar-refractivity contribution in [3.05, 3.63) is 68.3 Å². The molecule has 0 bridgehead atoms. The zero-order valence-corrected chi connectivity index (χ0v) is 26.2. The quantitative estimate of drug-likeness (QED) is 0.385. The molecule has 2 aliphatic rings. The molecule has 2 aromatic carbocycles. The number of rotatable bonds is 7. The molecular weight excluding hydrogens is 593 g/mol. The Labute approximate surface area is 254 Å². The van der Waals surface area contributed by atoms with Gasteiger partial charge in [0.2, 0.25) is 15.9 Å². The van der Waals surface area contributed by atoms with Gasteiger partial charge in [-0.05, 0) is 50.2 Å². The molecule has 1 saturated heterocycles. The zero-order chi connectivity index (χ0) is 32.1. The third-order valence-electron chi connectivity index (χ3n) is 8.58. The van der Waals surface area contributed by atoms with Crippen LogP contribution >= 0.6 is 0 Å². The van der Waals surface area contributed by atoms with E-state index in [1.165, 1.54) is 19.0 Å². The Morgan fingerprint density at radius 2 is 1.82 bits per heavy atom. The number of carbonyl (C=O) groups is 2. The highest BCUT2D eigenvalue weighted by molar-refractivity contribution is 7.89. The normalized spacial score (nSPS) is 17.8. The van der Waals surface area contributed by atoms with Crippen molar-refractivity contribution in [2.45, 2.75) is 30.8 Å². The first-order valence-electron chi connectivity index (χ1n) is 14.1. The average molecular weight is 630 g/mol. The summed E-state index contributed by atoms with van der Waals surface area (Å²) in [6.07, 6.45) is 0.302. The first-order chi connectivity index (χ1) is 20.8. The minimum atomic E-state index is -4.46. The summed E-state index contributed by atoms with van der Waals surface area (Å²) in [5, 5.41) is 0.770. The number of ether oxygens (including phenoxy) is 1. The minimum absolute atomic E-state index is 0.148. The van der Waals surface area contributed by atoms with Crippen LogP contribution in [0.2, 0.25) is 0 Å². The lowest BCUT2D eigenvalue weighted by molar-refractivity contribution is 0.0726. The Kier molecular flexibility index (Phi) is 8.55. The maximum Gasteiger partial charge on any atom is 0.341 e. The molecule has 3 heterocycles. The molecule has 3 aromatic rings. The average Bonchev–Trinajstić information content (AvgIpc) is 2.98. The number of anilines is 1. The maximum absolute atomic E-state index is 15.7. The number of nitrogens with two attached hydrogens (primary N) is 1. The Balaban J connectivity index is 1.48. The van der Waals surface area contributed by atoms with E-state index in [1.54, 1.807) is 7.11 Å². The van der Waals surface area contributed by atoms with Crippen molar-refractivity contribution < 1.29 is 31.6 Å². The highest BCUT2D eigenvalue weighted by Gasteiger charge is 2.34. The van der Waals surface area contributed by atoms with E-state index in [0.717, 1.165) is 58.3 Å². The first kappa shape index (κ1) is 31.6. The molecule has 0 unspecified atom stereocenters. The lowest BCUT2D eigenvalue weighted by Gasteiger charge is -2.41. The van der Waals surface area contributed by atoms with E-state index in [9.17, 15) is 22.8 Å². The van der Waals surface area contributed by atoms with E-state index in [4.69, 9.17) is 14.9 Å². The number of aryl methyl sites for hydroxylation is 1. The number of carbonyl (C=O) groups excluding carboxylic acids is 2. The van der Waals surface area contributed by atoms with Crippen LogP contribution < -0.4 is 16.3 Å². The molecule has 2 aliphatic heterocycles. The summed E-state index contributed by atoms with van der Waals surface area (Å²) in [6.45, 7) is 4.95. The van der Waals surface area contributed by atoms with Crippen molar-refractivity contribution in [1.29, 1.82) is 0 Å². The van der Waals surface area contributed by atoms with Crippen LogP contribution in [0.1, 0.15) is 37.4 Å². The summed E-state index contributed by atoms with van der Waals surface area (Å²) in [6, 6.07) is 6.23. The fraction of sp³-hybridized carbons (Fsp3) is 0.433. The minimum Gasteiger partial charge on any atom is -0.422 e. The van der Waals surface area contributed by atoms with E-state index < -0.39 is 49.3 Å². The van der Waals surface area contributed by atoms with E-state index in [-0.39, 0.29) is 24.7 Å². The number of hydrogen-bond acceptors (Lipinski definition) is 9. The van der Waals surface area contributed by atoms with Crippen LogP contribution in [-0.4, -0.2) is 101 Å². The number of sulfonamides is 1. The van der Waals surface area contributed by atoms with Crippen LogP contribution in [0, 0.1) is 12.7 Å². The van der Waals surface area contributed by atoms with Crippen molar-refractivity contribution in [3.8, 4) is 0 Å². The monoisotopic (exact) mass is 629 g/mol. The van der Waals surface area contributed by atoms with Gasteiger partial charge in [0.15, 0.2) is 5.82 Å². The maximum atomic E-state index is 15.7. The number of likely N-dealkylation sites (N-methyl/N-ethyl adjacent to an activating group) is 1. The third-order valence-corrected chi connectivity index (χ3v) is 10.5. The SMILES string of the molecule is COC[C@H]1CN(c2ccc3c4c(c(=O)oc3c2C)CN(C(=O)c2ccc(C(N)=O)c(S(=O)(=O)N(C)C)c2F)CC4)CCN1C. The molecular formula is C30H36FN5O7S. The predicted molar refractivity (Wildman–Crippen MR) is 162 cm³/mol. The van der Waals surface area contributed by atoms with Gasteiger partial charge in [0.25, 0.3) is 5.91 Å². The van der Waals surface area contributed by atoms with Crippen LogP contribution in [0.25, 0.3) is 11.0 Å². The second-order valence-electron chi connectivity index (χ2n) is 11.4. The van der Waals surface area contributed by atoms with Gasteiger partial charge in [0.05, 0.1) is 35.9 Å². The standard InChI is InChI=1S/C30H36FN5O7S/c1-17-24(35-13-12-34(4)18(14-35)16-42-5)9-8-20-19-10-11-36(15-23(19)30(39)43-26(17)20)29(38)21-6-7-22(28(32)37)27(25(21)31)44(40,41)33(2)3/h6-9,18H,10-16H2,1-5H3,(H2,32,37)/t18-/m1/s1. The number of piperazine rings is 1. The van der Waals surface area contributed by atoms with Gasteiger partial charge in [0.1, 0.15) is 10.5 Å². The number of primary amides is 1. The molecule has 2 amide bonds. The second-order valence-corrected chi connectivity index (χ2v) is 13.5. The highest BCUT2D eigenvalue weighted by atomic mass is 32.2. The molecule has 0 radical (unpaired) electrons. The van der Waals surface area contributed by atoms with E-state index in [2.05, 4.69) is 16.8 Å². The van der Waals surface area contributed by atoms with Crippen LogP contribution in [0.3, 0.4) is 0 Å². The fourth-order valence-electron chi connectivity index (χ4n) is 6.03. The molecule has 1 fully saturated rings. The molecule has 0 spiro atoms. The lowest BCUT2D eigenvalue weighted by atomic mass is 9.95. The molecule has 0 aliphatic carbocycles. The lowest BCUT2D eigenvalue weighted by Crippen LogP contribution is -2.53. The van der Waals surface area contributed by atoms with Crippen molar-refractivity contribution in [2.75, 3.05) is 65.9 Å². The van der Waals surface area contributed by atoms with Gasteiger partial charge in [-0.3, -0.25) is 14.5 Å². The van der Waals surface area contributed by atoms with Gasteiger partial charge in [-0.15, -0.1) is 0 Å². The van der Waals surface area contributed by atoms with Crippen molar-refractivity contribution in [1.82, 2.24) is 14.1 Å². The van der Waals surface area contributed by atoms with Crippen molar-refractivity contribution in [3.63, 3.8) is 0 Å². The summed E-state index contributed by atoms with van der Waals surface area (Å²) in [4.78, 5) is 43.6. The molecule has 44 heavy (non-hydrogen) atoms. The van der Waals surface area contributed by atoms with Crippen molar-refractivity contribution in [2.24, 2.45) is 5.73 Å². The zero-order valence-electron chi connectivity index (χ0n) is 25.3. The first-order valence-corrected chi connectivity index (χ1v) is 15.6. The largest absolute Gasteiger partial charge is 0.422 e. The van der Waals surface area contributed by atoms with Gasteiger partial charge in [-0.25, -0.2) is 21.9 Å². The molecule has 5 rings (SSSR count). The van der Waals surface area contributed by atoms with Crippen LogP contribution in [0.15, 0.2) is 38.4 Å². The number of hydrogen-bond donors (Lipinski definition) is 1. The topological polar surface area (TPSA) is 147 Å². The van der Waals surface area contributed by atoms with Gasteiger partial charge in [-0.2, -0.15) is 0 Å². The molecule has 2 N–H and O–H groups in total. The molecule has 0 saturated carbocycles. The van der Waals surface area contributed by atoms with E-state index in [0.29, 0.717) is 18.6 Å². The Morgan fingerprint density at radius 3 is 2.48 bits per heavy atom. The molecule has 1 atom stereocenters. The summed E-state index contributed by atoms with van der Waals surface area (Å²) in [5.41, 5.74) is 6.93. The van der Waals surface area contributed by atoms with Gasteiger partial charge >= 0.3 is 5.63 Å². The van der Waals surface area contributed by atoms with E-state index in [1.807, 2.05) is 19.1 Å². The van der Waals surface area contributed by atoms with Gasteiger partial charge < -0.3 is 24.7 Å².